The molecule has 74 valence electrons. The Hall–Kier alpha value is -1.29. The number of fused-ring (bicyclic) bond motifs is 1. The first-order chi connectivity index (χ1) is 6.84. The smallest absolute Gasteiger partial charge is 0.142 e. The molecule has 1 unspecified atom stereocenters. The van der Waals surface area contributed by atoms with E-state index < -0.39 is 0 Å². The third-order valence-corrected chi connectivity index (χ3v) is 2.93. The van der Waals surface area contributed by atoms with Crippen molar-refractivity contribution in [3.8, 4) is 0 Å². The molecular formula is C10H12FN3. The van der Waals surface area contributed by atoms with E-state index in [0.717, 1.165) is 18.7 Å². The molecule has 0 aliphatic carbocycles. The molecule has 4 heteroatoms. The van der Waals surface area contributed by atoms with Crippen LogP contribution in [0.15, 0.2) is 36.1 Å². The number of nitrogens with zero attached hydrogens (tertiary/aromatic N) is 1. The number of nitrogens with one attached hydrogen (secondary N) is 2. The van der Waals surface area contributed by atoms with Crippen LogP contribution in [0, 0.1) is 5.92 Å². The fourth-order valence-electron chi connectivity index (χ4n) is 1.96. The summed E-state index contributed by atoms with van der Waals surface area (Å²) in [4.78, 5) is 1.84. The molecule has 0 aromatic heterocycles. The molecule has 2 N–H and O–H groups in total. The van der Waals surface area contributed by atoms with Gasteiger partial charge in [-0.3, -0.25) is 0 Å². The molecule has 0 aromatic rings. The van der Waals surface area contributed by atoms with Crippen LogP contribution in [0.4, 0.5) is 4.39 Å². The van der Waals surface area contributed by atoms with Crippen LogP contribution in [0.2, 0.25) is 0 Å². The molecule has 1 atom stereocenters. The van der Waals surface area contributed by atoms with Crippen LogP contribution < -0.4 is 10.6 Å². The van der Waals surface area contributed by atoms with Gasteiger partial charge in [0.2, 0.25) is 0 Å². The van der Waals surface area contributed by atoms with Crippen molar-refractivity contribution in [1.82, 2.24) is 15.5 Å². The zero-order valence-electron chi connectivity index (χ0n) is 7.70. The first kappa shape index (κ1) is 8.05. The lowest BCUT2D eigenvalue weighted by Crippen LogP contribution is -2.45. The third kappa shape index (κ3) is 1.07. The van der Waals surface area contributed by atoms with Gasteiger partial charge in [-0.05, 0) is 11.6 Å². The second kappa shape index (κ2) is 2.85. The summed E-state index contributed by atoms with van der Waals surface area (Å²) in [6, 6.07) is 0. The average Bonchev–Trinajstić information content (AvgIpc) is 2.48. The van der Waals surface area contributed by atoms with Gasteiger partial charge < -0.3 is 15.5 Å². The van der Waals surface area contributed by atoms with Crippen molar-refractivity contribution < 1.29 is 4.39 Å². The Morgan fingerprint density at radius 3 is 3.00 bits per heavy atom. The van der Waals surface area contributed by atoms with Crippen molar-refractivity contribution in [2.75, 3.05) is 13.1 Å². The van der Waals surface area contributed by atoms with E-state index in [4.69, 9.17) is 0 Å². The summed E-state index contributed by atoms with van der Waals surface area (Å²) in [6.07, 6.45) is 7.34. The zero-order chi connectivity index (χ0) is 9.54. The van der Waals surface area contributed by atoms with Crippen LogP contribution in [0.3, 0.4) is 0 Å². The first-order valence-corrected chi connectivity index (χ1v) is 4.85. The highest BCUT2D eigenvalue weighted by molar-refractivity contribution is 5.36. The number of allylic oxidation sites excluding steroid dienone is 1. The van der Waals surface area contributed by atoms with Crippen LogP contribution in [-0.2, 0) is 0 Å². The molecule has 1 saturated heterocycles. The fourth-order valence-corrected chi connectivity index (χ4v) is 1.96. The Kier molecular flexibility index (Phi) is 1.64. The second-order valence-corrected chi connectivity index (χ2v) is 3.83. The SMILES string of the molecule is FC1=CN2C=CNC2C=C1C1CNC1. The molecule has 0 spiro atoms. The number of rotatable bonds is 1. The molecule has 3 aliphatic rings. The van der Waals surface area contributed by atoms with Crippen LogP contribution in [0.1, 0.15) is 0 Å². The summed E-state index contributed by atoms with van der Waals surface area (Å²) in [7, 11) is 0. The van der Waals surface area contributed by atoms with Crippen molar-refractivity contribution >= 4 is 0 Å². The quantitative estimate of drug-likeness (QED) is 0.640. The molecule has 0 bridgehead atoms. The van der Waals surface area contributed by atoms with Gasteiger partial charge in [-0.15, -0.1) is 0 Å². The van der Waals surface area contributed by atoms with Gasteiger partial charge in [0.05, 0.1) is 0 Å². The maximum atomic E-state index is 13.6. The minimum absolute atomic E-state index is 0.0962. The molecule has 14 heavy (non-hydrogen) atoms. The highest BCUT2D eigenvalue weighted by Crippen LogP contribution is 2.30. The van der Waals surface area contributed by atoms with Crippen molar-refractivity contribution in [2.45, 2.75) is 6.17 Å². The lowest BCUT2D eigenvalue weighted by Gasteiger charge is -2.33. The van der Waals surface area contributed by atoms with Gasteiger partial charge in [0, 0.05) is 37.6 Å². The van der Waals surface area contributed by atoms with Gasteiger partial charge in [0.1, 0.15) is 12.0 Å². The average molecular weight is 193 g/mol. The highest BCUT2D eigenvalue weighted by atomic mass is 19.1. The van der Waals surface area contributed by atoms with Gasteiger partial charge in [-0.2, -0.15) is 0 Å². The Morgan fingerprint density at radius 1 is 1.43 bits per heavy atom. The van der Waals surface area contributed by atoms with Crippen LogP contribution in [0.25, 0.3) is 0 Å². The zero-order valence-corrected chi connectivity index (χ0v) is 7.70. The predicted molar refractivity (Wildman–Crippen MR) is 51.5 cm³/mol. The maximum Gasteiger partial charge on any atom is 0.142 e. The Balaban J connectivity index is 1.87. The van der Waals surface area contributed by atoms with Crippen molar-refractivity contribution in [2.24, 2.45) is 5.92 Å². The van der Waals surface area contributed by atoms with Gasteiger partial charge in [-0.25, -0.2) is 4.39 Å². The summed E-state index contributed by atoms with van der Waals surface area (Å²) in [5.74, 6) is 0.261. The third-order valence-electron chi connectivity index (χ3n) is 2.93. The molecule has 1 fully saturated rings. The summed E-state index contributed by atoms with van der Waals surface area (Å²) in [6.45, 7) is 1.79. The molecule has 3 nitrogen and oxygen atoms in total. The van der Waals surface area contributed by atoms with E-state index in [2.05, 4.69) is 10.6 Å². The molecule has 3 aliphatic heterocycles. The fraction of sp³-hybridized carbons (Fsp3) is 0.400. The van der Waals surface area contributed by atoms with E-state index in [1.165, 1.54) is 0 Å². The van der Waals surface area contributed by atoms with E-state index >= 15 is 0 Å². The van der Waals surface area contributed by atoms with E-state index in [9.17, 15) is 4.39 Å². The molecule has 0 amide bonds. The van der Waals surface area contributed by atoms with E-state index in [-0.39, 0.29) is 12.0 Å². The van der Waals surface area contributed by atoms with Crippen molar-refractivity contribution in [3.63, 3.8) is 0 Å². The van der Waals surface area contributed by atoms with Crippen LogP contribution in [-0.4, -0.2) is 24.2 Å². The predicted octanol–water partition coefficient (Wildman–Crippen LogP) is 0.659. The van der Waals surface area contributed by atoms with Crippen molar-refractivity contribution in [3.05, 3.63) is 36.1 Å². The molecule has 3 rings (SSSR count). The molecular weight excluding hydrogens is 181 g/mol. The first-order valence-electron chi connectivity index (χ1n) is 4.85. The minimum Gasteiger partial charge on any atom is -0.366 e. The lowest BCUT2D eigenvalue weighted by molar-refractivity contribution is 0.354. The van der Waals surface area contributed by atoms with Crippen molar-refractivity contribution in [1.29, 1.82) is 0 Å². The molecule has 0 aromatic carbocycles. The molecule has 0 radical (unpaired) electrons. The van der Waals surface area contributed by atoms with Crippen LogP contribution in [0.5, 0.6) is 0 Å². The Bertz CT molecular complexity index is 341. The summed E-state index contributed by atoms with van der Waals surface area (Å²) < 4.78 is 13.6. The monoisotopic (exact) mass is 193 g/mol. The van der Waals surface area contributed by atoms with E-state index in [0.29, 0.717) is 5.92 Å². The molecule has 0 saturated carbocycles. The van der Waals surface area contributed by atoms with E-state index in [1.807, 2.05) is 23.4 Å². The standard InChI is InChI=1S/C10H12FN3/c11-9-6-14-2-1-13-10(14)3-8(9)7-4-12-5-7/h1-3,6-7,10,12-13H,4-5H2. The summed E-state index contributed by atoms with van der Waals surface area (Å²) in [5.41, 5.74) is 0.848. The molecule has 3 heterocycles. The number of hydrogen-bond acceptors (Lipinski definition) is 3. The minimum atomic E-state index is -0.0962. The van der Waals surface area contributed by atoms with E-state index in [1.54, 1.807) is 6.20 Å². The highest BCUT2D eigenvalue weighted by Gasteiger charge is 2.30. The van der Waals surface area contributed by atoms with Gasteiger partial charge in [0.25, 0.3) is 0 Å². The Labute approximate surface area is 82.0 Å². The summed E-state index contributed by atoms with van der Waals surface area (Å²) >= 11 is 0. The number of hydrogen-bond donors (Lipinski definition) is 2. The maximum absolute atomic E-state index is 13.6. The normalized spacial score (nSPS) is 30.4. The lowest BCUT2D eigenvalue weighted by atomic mass is 9.90. The summed E-state index contributed by atoms with van der Waals surface area (Å²) in [5, 5.41) is 6.30. The van der Waals surface area contributed by atoms with Gasteiger partial charge in [-0.1, -0.05) is 0 Å². The largest absolute Gasteiger partial charge is 0.366 e. The van der Waals surface area contributed by atoms with Crippen LogP contribution >= 0.6 is 0 Å². The topological polar surface area (TPSA) is 27.3 Å². The number of halogens is 1. The second-order valence-electron chi connectivity index (χ2n) is 3.83. The Morgan fingerprint density at radius 2 is 2.29 bits per heavy atom. The van der Waals surface area contributed by atoms with Gasteiger partial charge >= 0.3 is 0 Å². The van der Waals surface area contributed by atoms with Gasteiger partial charge in [0.15, 0.2) is 0 Å².